The molecule has 0 amide bonds. The van der Waals surface area contributed by atoms with E-state index in [9.17, 15) is 4.79 Å². The maximum Gasteiger partial charge on any atom is 0.330 e. The number of aliphatic carboxylic acids is 1. The van der Waals surface area contributed by atoms with Gasteiger partial charge in [-0.3, -0.25) is 0 Å². The first-order valence-electron chi connectivity index (χ1n) is 3.75. The van der Waals surface area contributed by atoms with E-state index < -0.39 is 12.0 Å². The minimum atomic E-state index is -1.00. The first-order valence-corrected chi connectivity index (χ1v) is 3.75. The summed E-state index contributed by atoms with van der Waals surface area (Å²) < 4.78 is 0. The van der Waals surface area contributed by atoms with Gasteiger partial charge in [0.15, 0.2) is 11.9 Å². The van der Waals surface area contributed by atoms with E-state index in [-0.39, 0.29) is 0 Å². The monoisotopic (exact) mass is 179 g/mol. The number of hydrogen-bond acceptors (Lipinski definition) is 4. The zero-order chi connectivity index (χ0) is 9.68. The SMILES string of the molecule is CC(N=Nc1ccccn1)C(=O)O. The normalized spacial score (nSPS) is 13.0. The maximum absolute atomic E-state index is 10.3. The summed E-state index contributed by atoms with van der Waals surface area (Å²) in [6.07, 6.45) is 1.57. The van der Waals surface area contributed by atoms with Gasteiger partial charge >= 0.3 is 5.97 Å². The molecule has 1 heterocycles. The highest BCUT2D eigenvalue weighted by Gasteiger charge is 2.07. The molecule has 0 saturated heterocycles. The summed E-state index contributed by atoms with van der Waals surface area (Å²) in [7, 11) is 0. The summed E-state index contributed by atoms with van der Waals surface area (Å²) in [6, 6.07) is 4.33. The van der Waals surface area contributed by atoms with E-state index in [2.05, 4.69) is 15.2 Å². The van der Waals surface area contributed by atoms with Crippen LogP contribution in [0.5, 0.6) is 0 Å². The summed E-state index contributed by atoms with van der Waals surface area (Å²) in [5.74, 6) is -0.588. The zero-order valence-electron chi connectivity index (χ0n) is 7.08. The third-order valence-electron chi connectivity index (χ3n) is 1.34. The van der Waals surface area contributed by atoms with Crippen molar-refractivity contribution < 1.29 is 9.90 Å². The molecule has 1 atom stereocenters. The molecule has 5 nitrogen and oxygen atoms in total. The van der Waals surface area contributed by atoms with Crippen molar-refractivity contribution in [3.63, 3.8) is 0 Å². The minimum Gasteiger partial charge on any atom is -0.480 e. The van der Waals surface area contributed by atoms with Gasteiger partial charge in [-0.25, -0.2) is 9.78 Å². The van der Waals surface area contributed by atoms with Gasteiger partial charge in [0.05, 0.1) is 0 Å². The van der Waals surface area contributed by atoms with Gasteiger partial charge in [0.25, 0.3) is 0 Å². The van der Waals surface area contributed by atoms with E-state index >= 15 is 0 Å². The van der Waals surface area contributed by atoms with Crippen LogP contribution in [0.2, 0.25) is 0 Å². The second-order valence-electron chi connectivity index (χ2n) is 2.42. The van der Waals surface area contributed by atoms with E-state index in [1.807, 2.05) is 0 Å². The third kappa shape index (κ3) is 2.98. The number of azo groups is 1. The second-order valence-corrected chi connectivity index (χ2v) is 2.42. The molecule has 0 bridgehead atoms. The molecule has 0 saturated carbocycles. The topological polar surface area (TPSA) is 74.9 Å². The Bertz CT molecular complexity index is 310. The number of rotatable bonds is 3. The van der Waals surface area contributed by atoms with Crippen molar-refractivity contribution in [2.45, 2.75) is 13.0 Å². The maximum atomic E-state index is 10.3. The van der Waals surface area contributed by atoms with Gasteiger partial charge in [0.1, 0.15) is 0 Å². The molecule has 0 fully saturated rings. The summed E-state index contributed by atoms with van der Waals surface area (Å²) >= 11 is 0. The predicted molar refractivity (Wildman–Crippen MR) is 45.9 cm³/mol. The molecule has 0 aliphatic heterocycles. The van der Waals surface area contributed by atoms with Gasteiger partial charge in [-0.1, -0.05) is 6.07 Å². The van der Waals surface area contributed by atoms with Crippen molar-refractivity contribution in [3.05, 3.63) is 24.4 Å². The van der Waals surface area contributed by atoms with Crippen LogP contribution in [0, 0.1) is 0 Å². The van der Waals surface area contributed by atoms with Gasteiger partial charge in [-0.2, -0.15) is 5.11 Å². The number of carboxylic acids is 1. The van der Waals surface area contributed by atoms with Crippen molar-refractivity contribution >= 4 is 11.8 Å². The Morgan fingerprint density at radius 3 is 2.92 bits per heavy atom. The van der Waals surface area contributed by atoms with Gasteiger partial charge in [-0.15, -0.1) is 5.11 Å². The average Bonchev–Trinajstić information content (AvgIpc) is 2.15. The number of nitrogens with zero attached hydrogens (tertiary/aromatic N) is 3. The highest BCUT2D eigenvalue weighted by Crippen LogP contribution is 2.06. The molecule has 0 aliphatic carbocycles. The Morgan fingerprint density at radius 2 is 2.38 bits per heavy atom. The highest BCUT2D eigenvalue weighted by atomic mass is 16.4. The standard InChI is InChI=1S/C8H9N3O2/c1-6(8(12)13)10-11-7-4-2-3-5-9-7/h2-6H,1H3,(H,12,13). The summed E-state index contributed by atoms with van der Waals surface area (Å²) in [6.45, 7) is 1.45. The fourth-order valence-corrected chi connectivity index (χ4v) is 0.608. The third-order valence-corrected chi connectivity index (χ3v) is 1.34. The number of aromatic nitrogens is 1. The molecule has 0 radical (unpaired) electrons. The number of pyridine rings is 1. The minimum absolute atomic E-state index is 0.413. The largest absolute Gasteiger partial charge is 0.480 e. The van der Waals surface area contributed by atoms with Crippen LogP contribution in [-0.4, -0.2) is 22.1 Å². The lowest BCUT2D eigenvalue weighted by Gasteiger charge is -1.95. The van der Waals surface area contributed by atoms with Crippen molar-refractivity contribution in [1.82, 2.24) is 4.98 Å². The molecular formula is C8H9N3O2. The van der Waals surface area contributed by atoms with Gasteiger partial charge in [-0.05, 0) is 19.1 Å². The van der Waals surface area contributed by atoms with Crippen LogP contribution in [-0.2, 0) is 4.79 Å². The van der Waals surface area contributed by atoms with Crippen molar-refractivity contribution in [1.29, 1.82) is 0 Å². The molecule has 13 heavy (non-hydrogen) atoms. The first-order chi connectivity index (χ1) is 6.20. The molecule has 1 unspecified atom stereocenters. The van der Waals surface area contributed by atoms with Crippen LogP contribution in [0.15, 0.2) is 34.6 Å². The molecule has 1 aromatic heterocycles. The first kappa shape index (κ1) is 9.31. The van der Waals surface area contributed by atoms with Crippen molar-refractivity contribution in [2.24, 2.45) is 10.2 Å². The van der Waals surface area contributed by atoms with Gasteiger partial charge < -0.3 is 5.11 Å². The second kappa shape index (κ2) is 4.30. The van der Waals surface area contributed by atoms with Crippen molar-refractivity contribution in [3.8, 4) is 0 Å². The van der Waals surface area contributed by atoms with E-state index in [4.69, 9.17) is 5.11 Å². The average molecular weight is 179 g/mol. The number of carbonyl (C=O) groups is 1. The molecule has 1 rings (SSSR count). The van der Waals surface area contributed by atoms with Crippen LogP contribution in [0.25, 0.3) is 0 Å². The van der Waals surface area contributed by atoms with E-state index in [0.717, 1.165) is 0 Å². The van der Waals surface area contributed by atoms with E-state index in [1.165, 1.54) is 6.92 Å². The van der Waals surface area contributed by atoms with E-state index in [1.54, 1.807) is 24.4 Å². The molecular weight excluding hydrogens is 170 g/mol. The molecule has 68 valence electrons. The lowest BCUT2D eigenvalue weighted by molar-refractivity contribution is -0.138. The number of carboxylic acid groups (broad SMARTS) is 1. The van der Waals surface area contributed by atoms with E-state index in [0.29, 0.717) is 5.82 Å². The molecule has 0 spiro atoms. The molecule has 1 aromatic rings. The Morgan fingerprint density at radius 1 is 1.62 bits per heavy atom. The van der Waals surface area contributed by atoms with Crippen LogP contribution >= 0.6 is 0 Å². The summed E-state index contributed by atoms with van der Waals surface area (Å²) in [4.78, 5) is 14.2. The molecule has 5 heteroatoms. The summed E-state index contributed by atoms with van der Waals surface area (Å²) in [5.41, 5.74) is 0. The fourth-order valence-electron chi connectivity index (χ4n) is 0.608. The lowest BCUT2D eigenvalue weighted by atomic mass is 10.4. The van der Waals surface area contributed by atoms with Crippen molar-refractivity contribution in [2.75, 3.05) is 0 Å². The van der Waals surface area contributed by atoms with Crippen LogP contribution in [0.3, 0.4) is 0 Å². The highest BCUT2D eigenvalue weighted by molar-refractivity contribution is 5.72. The van der Waals surface area contributed by atoms with Gasteiger partial charge in [0.2, 0.25) is 0 Å². The Kier molecular flexibility index (Phi) is 3.08. The fraction of sp³-hybridized carbons (Fsp3) is 0.250. The lowest BCUT2D eigenvalue weighted by Crippen LogP contribution is -2.11. The molecule has 0 aromatic carbocycles. The van der Waals surface area contributed by atoms with Crippen LogP contribution in [0.4, 0.5) is 5.82 Å². The Labute approximate surface area is 75.1 Å². The smallest absolute Gasteiger partial charge is 0.330 e. The predicted octanol–water partition coefficient (Wildman–Crippen LogP) is 1.64. The zero-order valence-corrected chi connectivity index (χ0v) is 7.08. The Hall–Kier alpha value is -1.78. The Balaban J connectivity index is 2.64. The molecule has 1 N–H and O–H groups in total. The van der Waals surface area contributed by atoms with Crippen LogP contribution in [0.1, 0.15) is 6.92 Å². The summed E-state index contributed by atoms with van der Waals surface area (Å²) in [5, 5.41) is 15.7. The van der Waals surface area contributed by atoms with Gasteiger partial charge in [0, 0.05) is 6.20 Å². The molecule has 0 aliphatic rings. The number of hydrogen-bond donors (Lipinski definition) is 1. The quantitative estimate of drug-likeness (QED) is 0.716. The van der Waals surface area contributed by atoms with Crippen LogP contribution < -0.4 is 0 Å².